The predicted molar refractivity (Wildman–Crippen MR) is 105 cm³/mol. The zero-order valence-corrected chi connectivity index (χ0v) is 15.7. The van der Waals surface area contributed by atoms with Crippen molar-refractivity contribution in [1.29, 1.82) is 0 Å². The van der Waals surface area contributed by atoms with Gasteiger partial charge in [-0.25, -0.2) is 4.79 Å². The topological polar surface area (TPSA) is 68.5 Å². The molecule has 0 aliphatic heterocycles. The Morgan fingerprint density at radius 2 is 1.85 bits per heavy atom. The van der Waals surface area contributed by atoms with Crippen LogP contribution in [-0.4, -0.2) is 18.5 Å². The summed E-state index contributed by atoms with van der Waals surface area (Å²) >= 11 is 0. The van der Waals surface area contributed by atoms with Crippen molar-refractivity contribution in [3.8, 4) is 0 Å². The van der Waals surface area contributed by atoms with Gasteiger partial charge in [0.25, 0.3) is 0 Å². The van der Waals surface area contributed by atoms with Crippen LogP contribution in [0.5, 0.6) is 0 Å². The van der Waals surface area contributed by atoms with E-state index in [9.17, 15) is 9.59 Å². The van der Waals surface area contributed by atoms with Gasteiger partial charge in [-0.1, -0.05) is 19.9 Å². The van der Waals surface area contributed by atoms with Crippen molar-refractivity contribution < 1.29 is 18.7 Å². The number of fused-ring (bicyclic) bond motifs is 1. The number of hydrogen-bond donors (Lipinski definition) is 1. The minimum Gasteiger partial charge on any atom is -0.464 e. The highest BCUT2D eigenvalue weighted by atomic mass is 16.5. The molecule has 0 aliphatic rings. The molecule has 0 unspecified atom stereocenters. The molecule has 0 bridgehead atoms. The molecule has 27 heavy (non-hydrogen) atoms. The van der Waals surface area contributed by atoms with Gasteiger partial charge >= 0.3 is 5.97 Å². The number of nitrogens with one attached hydrogen (secondary N) is 1. The fourth-order valence-electron chi connectivity index (χ4n) is 2.88. The maximum atomic E-state index is 12.4. The lowest BCUT2D eigenvalue weighted by atomic mass is 10.00. The van der Waals surface area contributed by atoms with E-state index in [2.05, 4.69) is 25.2 Å². The third kappa shape index (κ3) is 4.37. The Bertz CT molecular complexity index is 954. The minimum atomic E-state index is -0.374. The smallest absolute Gasteiger partial charge is 0.338 e. The molecule has 1 heterocycles. The summed E-state index contributed by atoms with van der Waals surface area (Å²) in [5.74, 6) is -0.110. The monoisotopic (exact) mass is 365 g/mol. The molecule has 1 N–H and O–H groups in total. The Labute approximate surface area is 158 Å². The van der Waals surface area contributed by atoms with E-state index in [1.807, 2.05) is 12.1 Å². The molecule has 0 atom stereocenters. The summed E-state index contributed by atoms with van der Waals surface area (Å²) < 4.78 is 10.5. The average Bonchev–Trinajstić information content (AvgIpc) is 3.04. The number of esters is 1. The number of ether oxygens (including phenoxy) is 1. The molecular formula is C22H23NO4. The number of benzene rings is 2. The van der Waals surface area contributed by atoms with Gasteiger partial charge in [-0.05, 0) is 54.8 Å². The van der Waals surface area contributed by atoms with E-state index in [0.29, 0.717) is 23.8 Å². The fourth-order valence-corrected chi connectivity index (χ4v) is 2.88. The number of rotatable bonds is 6. The second kappa shape index (κ2) is 8.08. The molecule has 1 aromatic heterocycles. The van der Waals surface area contributed by atoms with Gasteiger partial charge in [-0.3, -0.25) is 4.79 Å². The van der Waals surface area contributed by atoms with Gasteiger partial charge in [0.05, 0.1) is 24.9 Å². The van der Waals surface area contributed by atoms with Crippen molar-refractivity contribution in [2.45, 2.75) is 33.1 Å². The Hall–Kier alpha value is -3.08. The summed E-state index contributed by atoms with van der Waals surface area (Å²) in [7, 11) is 0. The third-order valence-electron chi connectivity index (χ3n) is 4.38. The van der Waals surface area contributed by atoms with Crippen LogP contribution in [0, 0.1) is 0 Å². The molecule has 0 aliphatic carbocycles. The van der Waals surface area contributed by atoms with Gasteiger partial charge in [0.15, 0.2) is 0 Å². The summed E-state index contributed by atoms with van der Waals surface area (Å²) in [4.78, 5) is 24.1. The van der Waals surface area contributed by atoms with Crippen LogP contribution in [0.2, 0.25) is 0 Å². The molecule has 3 rings (SSSR count). The molecule has 140 valence electrons. The van der Waals surface area contributed by atoms with E-state index in [0.717, 1.165) is 16.5 Å². The second-order valence-electron chi connectivity index (χ2n) is 6.69. The standard InChI is InChI=1S/C22H23NO4/c1-4-26-22(25)15-5-8-18(9-6-15)23-21(24)12-17-13-27-20-10-7-16(14(2)3)11-19(17)20/h5-11,13-14H,4,12H2,1-3H3,(H,23,24). The molecule has 0 saturated heterocycles. The first-order chi connectivity index (χ1) is 13.0. The fraction of sp³-hybridized carbons (Fsp3) is 0.273. The summed E-state index contributed by atoms with van der Waals surface area (Å²) in [6.45, 7) is 6.35. The number of furan rings is 1. The summed E-state index contributed by atoms with van der Waals surface area (Å²) in [6.07, 6.45) is 1.85. The van der Waals surface area contributed by atoms with Crippen LogP contribution in [0.1, 0.15) is 48.2 Å². The van der Waals surface area contributed by atoms with Crippen LogP contribution in [0.15, 0.2) is 53.1 Å². The lowest BCUT2D eigenvalue weighted by Gasteiger charge is -2.07. The lowest BCUT2D eigenvalue weighted by molar-refractivity contribution is -0.115. The first-order valence-electron chi connectivity index (χ1n) is 9.05. The van der Waals surface area contributed by atoms with Gasteiger partial charge in [-0.2, -0.15) is 0 Å². The normalized spacial score (nSPS) is 11.0. The van der Waals surface area contributed by atoms with Crippen molar-refractivity contribution in [3.63, 3.8) is 0 Å². The van der Waals surface area contributed by atoms with Gasteiger partial charge in [0.1, 0.15) is 5.58 Å². The predicted octanol–water partition coefficient (Wildman–Crippen LogP) is 4.91. The molecule has 1 amide bonds. The highest BCUT2D eigenvalue weighted by molar-refractivity contribution is 5.96. The molecule has 5 nitrogen and oxygen atoms in total. The Balaban J connectivity index is 1.70. The molecule has 0 spiro atoms. The van der Waals surface area contributed by atoms with E-state index in [1.165, 1.54) is 5.56 Å². The van der Waals surface area contributed by atoms with E-state index >= 15 is 0 Å². The van der Waals surface area contributed by atoms with Crippen molar-refractivity contribution >= 4 is 28.5 Å². The summed E-state index contributed by atoms with van der Waals surface area (Å²) in [5.41, 5.74) is 3.93. The van der Waals surface area contributed by atoms with E-state index in [1.54, 1.807) is 37.5 Å². The van der Waals surface area contributed by atoms with Crippen LogP contribution >= 0.6 is 0 Å². The van der Waals surface area contributed by atoms with Crippen LogP contribution < -0.4 is 5.32 Å². The second-order valence-corrected chi connectivity index (χ2v) is 6.69. The van der Waals surface area contributed by atoms with E-state index < -0.39 is 0 Å². The van der Waals surface area contributed by atoms with Crippen LogP contribution in [0.25, 0.3) is 11.0 Å². The number of anilines is 1. The van der Waals surface area contributed by atoms with Crippen LogP contribution in [-0.2, 0) is 16.0 Å². The third-order valence-corrected chi connectivity index (χ3v) is 4.38. The van der Waals surface area contributed by atoms with Gasteiger partial charge < -0.3 is 14.5 Å². The van der Waals surface area contributed by atoms with Gasteiger partial charge in [-0.15, -0.1) is 0 Å². The SMILES string of the molecule is CCOC(=O)c1ccc(NC(=O)Cc2coc3ccc(C(C)C)cc23)cc1. The first-order valence-corrected chi connectivity index (χ1v) is 9.05. The maximum Gasteiger partial charge on any atom is 0.338 e. The maximum absolute atomic E-state index is 12.4. The van der Waals surface area contributed by atoms with E-state index in [4.69, 9.17) is 9.15 Å². The number of hydrogen-bond acceptors (Lipinski definition) is 4. The van der Waals surface area contributed by atoms with Crippen LogP contribution in [0.4, 0.5) is 5.69 Å². The largest absolute Gasteiger partial charge is 0.464 e. The average molecular weight is 365 g/mol. The molecule has 0 fully saturated rings. The zero-order valence-electron chi connectivity index (χ0n) is 15.7. The number of amides is 1. The quantitative estimate of drug-likeness (QED) is 0.630. The van der Waals surface area contributed by atoms with E-state index in [-0.39, 0.29) is 18.3 Å². The van der Waals surface area contributed by atoms with Crippen molar-refractivity contribution in [3.05, 3.63) is 65.4 Å². The molecular weight excluding hydrogens is 342 g/mol. The van der Waals surface area contributed by atoms with Gasteiger partial charge in [0.2, 0.25) is 5.91 Å². The Morgan fingerprint density at radius 1 is 1.11 bits per heavy atom. The number of carbonyl (C=O) groups is 2. The summed E-state index contributed by atoms with van der Waals surface area (Å²) in [6, 6.07) is 12.7. The molecule has 2 aromatic carbocycles. The van der Waals surface area contributed by atoms with Crippen molar-refractivity contribution in [1.82, 2.24) is 0 Å². The zero-order chi connectivity index (χ0) is 19.4. The minimum absolute atomic E-state index is 0.142. The Morgan fingerprint density at radius 3 is 2.52 bits per heavy atom. The van der Waals surface area contributed by atoms with Gasteiger partial charge in [0, 0.05) is 16.6 Å². The number of carbonyl (C=O) groups excluding carboxylic acids is 2. The molecule has 0 saturated carbocycles. The summed E-state index contributed by atoms with van der Waals surface area (Å²) in [5, 5.41) is 3.81. The highest BCUT2D eigenvalue weighted by Crippen LogP contribution is 2.26. The molecule has 5 heteroatoms. The lowest BCUT2D eigenvalue weighted by Crippen LogP contribution is -2.14. The van der Waals surface area contributed by atoms with Crippen molar-refractivity contribution in [2.75, 3.05) is 11.9 Å². The van der Waals surface area contributed by atoms with Crippen LogP contribution in [0.3, 0.4) is 0 Å². The highest BCUT2D eigenvalue weighted by Gasteiger charge is 2.13. The molecule has 0 radical (unpaired) electrons. The van der Waals surface area contributed by atoms with Crippen molar-refractivity contribution in [2.24, 2.45) is 0 Å². The molecule has 3 aromatic rings. The first kappa shape index (κ1) is 18.7. The Kier molecular flexibility index (Phi) is 5.60.